The topological polar surface area (TPSA) is 29.5 Å². The molecule has 1 aromatic rings. The van der Waals surface area contributed by atoms with E-state index in [0.717, 1.165) is 6.42 Å². The Morgan fingerprint density at radius 2 is 2.14 bits per heavy atom. The van der Waals surface area contributed by atoms with Crippen molar-refractivity contribution in [1.29, 1.82) is 0 Å². The van der Waals surface area contributed by atoms with Gasteiger partial charge in [0.25, 0.3) is 0 Å². The van der Waals surface area contributed by atoms with Gasteiger partial charge in [0, 0.05) is 12.7 Å². The van der Waals surface area contributed by atoms with Crippen LogP contribution in [0.15, 0.2) is 18.2 Å². The molecule has 0 aliphatic heterocycles. The summed E-state index contributed by atoms with van der Waals surface area (Å²) in [5.74, 6) is 0.302. The van der Waals surface area contributed by atoms with Crippen LogP contribution in [0.3, 0.4) is 0 Å². The van der Waals surface area contributed by atoms with Crippen molar-refractivity contribution in [3.8, 4) is 5.75 Å². The second-order valence-electron chi connectivity index (χ2n) is 3.19. The van der Waals surface area contributed by atoms with Crippen molar-refractivity contribution in [2.45, 2.75) is 19.8 Å². The average molecular weight is 198 g/mol. The summed E-state index contributed by atoms with van der Waals surface area (Å²) in [5, 5.41) is 8.53. The number of hydrogen-bond donors (Lipinski definition) is 1. The monoisotopic (exact) mass is 198 g/mol. The summed E-state index contributed by atoms with van der Waals surface area (Å²) in [5.41, 5.74) is 0.618. The van der Waals surface area contributed by atoms with E-state index in [2.05, 4.69) is 0 Å². The van der Waals surface area contributed by atoms with Gasteiger partial charge in [-0.1, -0.05) is 6.07 Å². The average Bonchev–Trinajstić information content (AvgIpc) is 2.18. The van der Waals surface area contributed by atoms with E-state index in [-0.39, 0.29) is 12.4 Å². The summed E-state index contributed by atoms with van der Waals surface area (Å²) in [7, 11) is 0. The van der Waals surface area contributed by atoms with Crippen molar-refractivity contribution in [1.82, 2.24) is 0 Å². The zero-order valence-corrected chi connectivity index (χ0v) is 8.29. The zero-order chi connectivity index (χ0) is 10.4. The predicted molar refractivity (Wildman–Crippen MR) is 53.0 cm³/mol. The quantitative estimate of drug-likeness (QED) is 0.735. The van der Waals surface area contributed by atoms with Crippen LogP contribution < -0.4 is 4.74 Å². The Labute approximate surface area is 83.3 Å². The summed E-state index contributed by atoms with van der Waals surface area (Å²) in [6.07, 6.45) is 1.50. The molecule has 0 bridgehead atoms. The third kappa shape index (κ3) is 3.34. The predicted octanol–water partition coefficient (Wildman–Crippen LogP) is 2.29. The molecule has 0 radical (unpaired) electrons. The number of ether oxygens (including phenoxy) is 1. The van der Waals surface area contributed by atoms with Gasteiger partial charge in [0.15, 0.2) is 0 Å². The summed E-state index contributed by atoms with van der Waals surface area (Å²) in [4.78, 5) is 0. The minimum absolute atomic E-state index is 0.172. The number of aliphatic hydroxyl groups is 1. The van der Waals surface area contributed by atoms with Crippen LogP contribution >= 0.6 is 0 Å². The van der Waals surface area contributed by atoms with Crippen LogP contribution in [-0.4, -0.2) is 18.3 Å². The van der Waals surface area contributed by atoms with Crippen LogP contribution in [0.4, 0.5) is 4.39 Å². The van der Waals surface area contributed by atoms with Gasteiger partial charge in [0.2, 0.25) is 0 Å². The highest BCUT2D eigenvalue weighted by atomic mass is 19.1. The lowest BCUT2D eigenvalue weighted by Gasteiger charge is -2.06. The van der Waals surface area contributed by atoms with E-state index in [0.29, 0.717) is 24.3 Å². The smallest absolute Gasteiger partial charge is 0.129 e. The number of hydrogen-bond acceptors (Lipinski definition) is 2. The fourth-order valence-electron chi connectivity index (χ4n) is 1.07. The standard InChI is InChI=1S/C11H15FO2/c1-9-4-5-10(8-11(9)12)14-7-3-2-6-13/h4-5,8,13H,2-3,6-7H2,1H3. The van der Waals surface area contributed by atoms with E-state index in [1.807, 2.05) is 0 Å². The zero-order valence-electron chi connectivity index (χ0n) is 8.29. The van der Waals surface area contributed by atoms with Gasteiger partial charge >= 0.3 is 0 Å². The van der Waals surface area contributed by atoms with Crippen LogP contribution in [0.25, 0.3) is 0 Å². The molecule has 0 spiro atoms. The first-order chi connectivity index (χ1) is 6.74. The lowest BCUT2D eigenvalue weighted by molar-refractivity contribution is 0.252. The fourth-order valence-corrected chi connectivity index (χ4v) is 1.07. The molecule has 0 fully saturated rings. The lowest BCUT2D eigenvalue weighted by Crippen LogP contribution is -1.99. The number of rotatable bonds is 5. The van der Waals surface area contributed by atoms with Gasteiger partial charge in [-0.25, -0.2) is 4.39 Å². The highest BCUT2D eigenvalue weighted by Gasteiger charge is 1.99. The van der Waals surface area contributed by atoms with Crippen LogP contribution in [0.5, 0.6) is 5.75 Å². The van der Waals surface area contributed by atoms with Crippen LogP contribution in [0.1, 0.15) is 18.4 Å². The molecule has 0 saturated carbocycles. The summed E-state index contributed by atoms with van der Waals surface area (Å²) >= 11 is 0. The Bertz CT molecular complexity index is 287. The van der Waals surface area contributed by atoms with Crippen LogP contribution in [-0.2, 0) is 0 Å². The van der Waals surface area contributed by atoms with Gasteiger partial charge in [0.05, 0.1) is 6.61 Å². The van der Waals surface area contributed by atoms with E-state index in [9.17, 15) is 4.39 Å². The van der Waals surface area contributed by atoms with Crippen molar-refractivity contribution in [2.75, 3.05) is 13.2 Å². The number of halogens is 1. The van der Waals surface area contributed by atoms with E-state index in [4.69, 9.17) is 9.84 Å². The van der Waals surface area contributed by atoms with E-state index in [1.54, 1.807) is 19.1 Å². The van der Waals surface area contributed by atoms with Crippen molar-refractivity contribution in [3.63, 3.8) is 0 Å². The van der Waals surface area contributed by atoms with Crippen molar-refractivity contribution in [2.24, 2.45) is 0 Å². The first-order valence-electron chi connectivity index (χ1n) is 4.74. The molecule has 0 amide bonds. The highest BCUT2D eigenvalue weighted by Crippen LogP contribution is 2.15. The third-order valence-electron chi connectivity index (χ3n) is 1.96. The number of benzene rings is 1. The third-order valence-corrected chi connectivity index (χ3v) is 1.96. The van der Waals surface area contributed by atoms with Gasteiger partial charge < -0.3 is 9.84 Å². The Hall–Kier alpha value is -1.09. The molecule has 1 aromatic carbocycles. The molecule has 1 N–H and O–H groups in total. The maximum atomic E-state index is 13.0. The molecular formula is C11H15FO2. The van der Waals surface area contributed by atoms with Crippen molar-refractivity contribution in [3.05, 3.63) is 29.6 Å². The maximum Gasteiger partial charge on any atom is 0.129 e. The van der Waals surface area contributed by atoms with Crippen molar-refractivity contribution >= 4 is 0 Å². The summed E-state index contributed by atoms with van der Waals surface area (Å²) in [6, 6.07) is 4.82. The van der Waals surface area contributed by atoms with E-state index >= 15 is 0 Å². The molecule has 78 valence electrons. The number of aryl methyl sites for hydroxylation is 1. The van der Waals surface area contributed by atoms with E-state index in [1.165, 1.54) is 6.07 Å². The first-order valence-corrected chi connectivity index (χ1v) is 4.74. The SMILES string of the molecule is Cc1ccc(OCCCCO)cc1F. The molecule has 0 atom stereocenters. The summed E-state index contributed by atoms with van der Waals surface area (Å²) in [6.45, 7) is 2.40. The first kappa shape index (κ1) is 11.0. The molecule has 3 heteroatoms. The highest BCUT2D eigenvalue weighted by molar-refractivity contribution is 5.27. The van der Waals surface area contributed by atoms with Gasteiger partial charge in [-0.3, -0.25) is 0 Å². The molecule has 2 nitrogen and oxygen atoms in total. The number of unbranched alkanes of at least 4 members (excludes halogenated alkanes) is 1. The van der Waals surface area contributed by atoms with Crippen LogP contribution in [0, 0.1) is 12.7 Å². The Morgan fingerprint density at radius 3 is 2.79 bits per heavy atom. The van der Waals surface area contributed by atoms with Crippen LogP contribution in [0.2, 0.25) is 0 Å². The molecule has 0 saturated heterocycles. The lowest BCUT2D eigenvalue weighted by atomic mass is 10.2. The van der Waals surface area contributed by atoms with Gasteiger partial charge in [-0.05, 0) is 31.4 Å². The maximum absolute atomic E-state index is 13.0. The molecule has 0 aliphatic rings. The second-order valence-corrected chi connectivity index (χ2v) is 3.19. The second kappa shape index (κ2) is 5.60. The molecule has 0 aromatic heterocycles. The molecular weight excluding hydrogens is 183 g/mol. The molecule has 0 unspecified atom stereocenters. The minimum atomic E-state index is -0.246. The molecule has 0 aliphatic carbocycles. The Morgan fingerprint density at radius 1 is 1.36 bits per heavy atom. The van der Waals surface area contributed by atoms with Gasteiger partial charge in [-0.15, -0.1) is 0 Å². The van der Waals surface area contributed by atoms with Gasteiger partial charge in [0.1, 0.15) is 11.6 Å². The van der Waals surface area contributed by atoms with Crippen molar-refractivity contribution < 1.29 is 14.2 Å². The minimum Gasteiger partial charge on any atom is -0.493 e. The Balaban J connectivity index is 2.39. The Kier molecular flexibility index (Phi) is 4.40. The largest absolute Gasteiger partial charge is 0.493 e. The molecule has 1 rings (SSSR count). The summed E-state index contributed by atoms with van der Waals surface area (Å²) < 4.78 is 18.3. The normalized spacial score (nSPS) is 10.2. The molecule has 14 heavy (non-hydrogen) atoms. The van der Waals surface area contributed by atoms with Gasteiger partial charge in [-0.2, -0.15) is 0 Å². The fraction of sp³-hybridized carbons (Fsp3) is 0.455. The molecule has 0 heterocycles. The van der Waals surface area contributed by atoms with E-state index < -0.39 is 0 Å². The number of aliphatic hydroxyl groups excluding tert-OH is 1.